The van der Waals surface area contributed by atoms with E-state index in [0.717, 1.165) is 12.1 Å². The molecule has 0 fully saturated rings. The molecule has 0 saturated heterocycles. The lowest BCUT2D eigenvalue weighted by Gasteiger charge is -2.25. The van der Waals surface area contributed by atoms with Crippen LogP contribution in [0.4, 0.5) is 0 Å². The quantitative estimate of drug-likeness (QED) is 0.667. The summed E-state index contributed by atoms with van der Waals surface area (Å²) in [6.45, 7) is 2.56. The van der Waals surface area contributed by atoms with Gasteiger partial charge in [-0.15, -0.1) is 0 Å². The smallest absolute Gasteiger partial charge is 0.228 e. The van der Waals surface area contributed by atoms with Gasteiger partial charge in [-0.1, -0.05) is 24.3 Å². The van der Waals surface area contributed by atoms with E-state index in [2.05, 4.69) is 16.7 Å². The van der Waals surface area contributed by atoms with Crippen LogP contribution in [0.15, 0.2) is 24.3 Å². The lowest BCUT2D eigenvalue weighted by Crippen LogP contribution is -2.40. The molecule has 0 bridgehead atoms. The maximum Gasteiger partial charge on any atom is 0.228 e. The first-order valence-corrected chi connectivity index (χ1v) is 5.59. The summed E-state index contributed by atoms with van der Waals surface area (Å²) in [6.07, 6.45) is 0. The van der Waals surface area contributed by atoms with E-state index in [4.69, 9.17) is 5.73 Å². The summed E-state index contributed by atoms with van der Waals surface area (Å²) in [5.41, 5.74) is 7.72. The Labute approximate surface area is 95.2 Å². The number of hydrogen-bond acceptors (Lipinski definition) is 3. The van der Waals surface area contributed by atoms with E-state index < -0.39 is 0 Å². The van der Waals surface area contributed by atoms with E-state index in [0.29, 0.717) is 19.6 Å². The molecule has 4 nitrogen and oxygen atoms in total. The lowest BCUT2D eigenvalue weighted by molar-refractivity contribution is -0.122. The maximum atomic E-state index is 11.9. The van der Waals surface area contributed by atoms with E-state index in [1.54, 1.807) is 0 Å². The highest BCUT2D eigenvalue weighted by molar-refractivity contribution is 5.84. The number of hydrogen-bond donors (Lipinski definition) is 3. The molecule has 1 amide bonds. The summed E-state index contributed by atoms with van der Waals surface area (Å²) in [6, 6.07) is 8.07. The minimum absolute atomic E-state index is 0.0603. The average Bonchev–Trinajstić information content (AvgIpc) is 2.35. The summed E-state index contributed by atoms with van der Waals surface area (Å²) >= 11 is 0. The molecular formula is C12H17N3O. The Balaban J connectivity index is 2.15. The molecule has 0 spiro atoms. The van der Waals surface area contributed by atoms with Crippen molar-refractivity contribution in [3.63, 3.8) is 0 Å². The first kappa shape index (κ1) is 11.1. The number of carbonyl (C=O) groups is 1. The van der Waals surface area contributed by atoms with Gasteiger partial charge in [-0.05, 0) is 11.1 Å². The van der Waals surface area contributed by atoms with Crippen molar-refractivity contribution in [3.05, 3.63) is 35.4 Å². The highest BCUT2D eigenvalue weighted by atomic mass is 16.1. The molecule has 0 aromatic heterocycles. The summed E-state index contributed by atoms with van der Waals surface area (Å²) in [4.78, 5) is 11.9. The van der Waals surface area contributed by atoms with E-state index in [9.17, 15) is 4.79 Å². The standard InChI is InChI=1S/C12H17N3O/c13-5-6-15-12(16)11-8-14-7-9-3-1-2-4-10(9)11/h1-4,11,14H,5-8,13H2,(H,15,16). The predicted octanol–water partition coefficient (Wildman–Crippen LogP) is -0.0517. The summed E-state index contributed by atoms with van der Waals surface area (Å²) in [5.74, 6) is -0.0263. The number of nitrogens with one attached hydrogen (secondary N) is 2. The van der Waals surface area contributed by atoms with Crippen molar-refractivity contribution in [2.45, 2.75) is 12.5 Å². The van der Waals surface area contributed by atoms with E-state index in [1.807, 2.05) is 18.2 Å². The van der Waals surface area contributed by atoms with Crippen LogP contribution in [0.25, 0.3) is 0 Å². The monoisotopic (exact) mass is 219 g/mol. The molecule has 0 radical (unpaired) electrons. The number of fused-ring (bicyclic) bond motifs is 1. The number of rotatable bonds is 3. The van der Waals surface area contributed by atoms with E-state index >= 15 is 0 Å². The molecule has 1 atom stereocenters. The Morgan fingerprint density at radius 1 is 1.50 bits per heavy atom. The molecule has 1 aliphatic rings. The summed E-state index contributed by atoms with van der Waals surface area (Å²) in [7, 11) is 0. The molecule has 1 unspecified atom stereocenters. The van der Waals surface area contributed by atoms with Gasteiger partial charge in [-0.25, -0.2) is 0 Å². The molecule has 1 aliphatic heterocycles. The minimum Gasteiger partial charge on any atom is -0.354 e. The van der Waals surface area contributed by atoms with Crippen LogP contribution in [0.3, 0.4) is 0 Å². The normalized spacial score (nSPS) is 18.9. The third-order valence-electron chi connectivity index (χ3n) is 2.85. The molecule has 16 heavy (non-hydrogen) atoms. The topological polar surface area (TPSA) is 67.1 Å². The Kier molecular flexibility index (Phi) is 3.54. The first-order valence-electron chi connectivity index (χ1n) is 5.59. The van der Waals surface area contributed by atoms with Gasteiger partial charge >= 0.3 is 0 Å². The molecule has 86 valence electrons. The molecule has 2 rings (SSSR count). The Morgan fingerprint density at radius 3 is 3.12 bits per heavy atom. The zero-order valence-electron chi connectivity index (χ0n) is 9.20. The zero-order valence-corrected chi connectivity index (χ0v) is 9.20. The van der Waals surface area contributed by atoms with Crippen molar-refractivity contribution >= 4 is 5.91 Å². The van der Waals surface area contributed by atoms with Crippen LogP contribution in [-0.2, 0) is 11.3 Å². The lowest BCUT2D eigenvalue weighted by atomic mass is 9.90. The van der Waals surface area contributed by atoms with Crippen molar-refractivity contribution in [2.24, 2.45) is 5.73 Å². The van der Waals surface area contributed by atoms with Gasteiger partial charge in [0.25, 0.3) is 0 Å². The minimum atomic E-state index is -0.0866. The van der Waals surface area contributed by atoms with Crippen LogP contribution >= 0.6 is 0 Å². The number of nitrogens with two attached hydrogens (primary N) is 1. The average molecular weight is 219 g/mol. The van der Waals surface area contributed by atoms with Crippen LogP contribution in [0.1, 0.15) is 17.0 Å². The van der Waals surface area contributed by atoms with Crippen LogP contribution in [0.5, 0.6) is 0 Å². The Hall–Kier alpha value is -1.39. The second-order valence-electron chi connectivity index (χ2n) is 3.96. The van der Waals surface area contributed by atoms with Crippen molar-refractivity contribution in [3.8, 4) is 0 Å². The van der Waals surface area contributed by atoms with Crippen LogP contribution < -0.4 is 16.4 Å². The largest absolute Gasteiger partial charge is 0.354 e. The fourth-order valence-corrected chi connectivity index (χ4v) is 2.05. The molecule has 0 saturated carbocycles. The molecule has 4 N–H and O–H groups in total. The van der Waals surface area contributed by atoms with Crippen molar-refractivity contribution in [1.29, 1.82) is 0 Å². The Bertz CT molecular complexity index is 378. The van der Waals surface area contributed by atoms with Gasteiger partial charge in [0.1, 0.15) is 0 Å². The SMILES string of the molecule is NCCNC(=O)C1CNCc2ccccc21. The Morgan fingerprint density at radius 2 is 2.31 bits per heavy atom. The number of amides is 1. The zero-order chi connectivity index (χ0) is 11.4. The third kappa shape index (κ3) is 2.23. The fourth-order valence-electron chi connectivity index (χ4n) is 2.05. The van der Waals surface area contributed by atoms with E-state index in [-0.39, 0.29) is 11.8 Å². The fraction of sp³-hybridized carbons (Fsp3) is 0.417. The summed E-state index contributed by atoms with van der Waals surface area (Å²) in [5, 5.41) is 6.10. The molecule has 1 aromatic rings. The van der Waals surface area contributed by atoms with Gasteiger partial charge in [0.05, 0.1) is 5.92 Å². The maximum absolute atomic E-state index is 11.9. The highest BCUT2D eigenvalue weighted by Crippen LogP contribution is 2.23. The van der Waals surface area contributed by atoms with Gasteiger partial charge in [0.2, 0.25) is 5.91 Å². The molecule has 0 aliphatic carbocycles. The molecule has 1 aromatic carbocycles. The van der Waals surface area contributed by atoms with Crippen molar-refractivity contribution in [2.75, 3.05) is 19.6 Å². The van der Waals surface area contributed by atoms with Gasteiger partial charge in [-0.3, -0.25) is 4.79 Å². The van der Waals surface area contributed by atoms with Crippen LogP contribution in [0.2, 0.25) is 0 Å². The van der Waals surface area contributed by atoms with Crippen molar-refractivity contribution in [1.82, 2.24) is 10.6 Å². The number of carbonyl (C=O) groups excluding carboxylic acids is 1. The van der Waals surface area contributed by atoms with E-state index in [1.165, 1.54) is 5.56 Å². The molecular weight excluding hydrogens is 202 g/mol. The van der Waals surface area contributed by atoms with Gasteiger partial charge in [0, 0.05) is 26.2 Å². The van der Waals surface area contributed by atoms with Gasteiger partial charge < -0.3 is 16.4 Å². The third-order valence-corrected chi connectivity index (χ3v) is 2.85. The highest BCUT2D eigenvalue weighted by Gasteiger charge is 2.25. The first-order chi connectivity index (χ1) is 7.83. The molecule has 4 heteroatoms. The predicted molar refractivity (Wildman–Crippen MR) is 63.0 cm³/mol. The number of benzene rings is 1. The van der Waals surface area contributed by atoms with Gasteiger partial charge in [-0.2, -0.15) is 0 Å². The van der Waals surface area contributed by atoms with Crippen molar-refractivity contribution < 1.29 is 4.79 Å². The summed E-state index contributed by atoms with van der Waals surface area (Å²) < 4.78 is 0. The second kappa shape index (κ2) is 5.09. The van der Waals surface area contributed by atoms with Gasteiger partial charge in [0.15, 0.2) is 0 Å². The second-order valence-corrected chi connectivity index (χ2v) is 3.96. The molecule has 1 heterocycles. The van der Waals surface area contributed by atoms with Crippen LogP contribution in [-0.4, -0.2) is 25.5 Å². The van der Waals surface area contributed by atoms with Crippen LogP contribution in [0, 0.1) is 0 Å².